The number of nitrogens with one attached hydrogen (secondary N) is 1. The molecule has 0 aliphatic carbocycles. The number of hydrogen-bond acceptors (Lipinski definition) is 6. The zero-order chi connectivity index (χ0) is 22.0. The van der Waals surface area contributed by atoms with Crippen molar-refractivity contribution in [2.45, 2.75) is 12.7 Å². The third kappa shape index (κ3) is 4.91. The number of thiazole rings is 1. The molecule has 0 aliphatic rings. The molecule has 1 amide bonds. The van der Waals surface area contributed by atoms with E-state index in [-0.39, 0.29) is 23.7 Å². The Labute approximate surface area is 176 Å². The van der Waals surface area contributed by atoms with Crippen molar-refractivity contribution in [3.05, 3.63) is 65.3 Å². The molecule has 0 unspecified atom stereocenters. The summed E-state index contributed by atoms with van der Waals surface area (Å²) in [5.74, 6) is -0.892. The lowest BCUT2D eigenvalue weighted by Crippen LogP contribution is -2.20. The largest absolute Gasteiger partial charge is 0.416 e. The Balaban J connectivity index is 1.41. The van der Waals surface area contributed by atoms with E-state index in [1.54, 1.807) is 17.5 Å². The maximum absolute atomic E-state index is 13.0. The highest BCUT2D eigenvalue weighted by Gasteiger charge is 2.30. The van der Waals surface area contributed by atoms with E-state index in [4.69, 9.17) is 0 Å². The first-order valence-corrected chi connectivity index (χ1v) is 9.63. The summed E-state index contributed by atoms with van der Waals surface area (Å²) in [6, 6.07) is 10.3. The predicted octanol–water partition coefficient (Wildman–Crippen LogP) is 4.26. The molecule has 31 heavy (non-hydrogen) atoms. The highest BCUT2D eigenvalue weighted by atomic mass is 32.1. The quantitative estimate of drug-likeness (QED) is 0.461. The summed E-state index contributed by atoms with van der Waals surface area (Å²) in [6.45, 7) is -0.308. The molecule has 4 rings (SSSR count). The molecule has 0 atom stereocenters. The SMILES string of the molecule is O=C(Cn1nnc(-c2cccc(C(F)(F)F)c2)n1)Nc1nc(-c2ccc(F)cc2)cs1. The van der Waals surface area contributed by atoms with Gasteiger partial charge in [-0.1, -0.05) is 12.1 Å². The standard InChI is InChI=1S/C19H12F4N6OS/c20-14-6-4-11(5-7-14)15-10-31-18(24-15)25-16(30)9-29-27-17(26-28-29)12-2-1-3-13(8-12)19(21,22)23/h1-8,10H,9H2,(H,24,25,30). The van der Waals surface area contributed by atoms with Gasteiger partial charge in [0.25, 0.3) is 0 Å². The normalized spacial score (nSPS) is 11.5. The Bertz CT molecular complexity index is 1220. The summed E-state index contributed by atoms with van der Waals surface area (Å²) in [7, 11) is 0. The number of nitrogens with zero attached hydrogens (tertiary/aromatic N) is 5. The van der Waals surface area contributed by atoms with E-state index in [1.807, 2.05) is 0 Å². The molecule has 7 nitrogen and oxygen atoms in total. The number of amides is 1. The zero-order valence-corrected chi connectivity index (χ0v) is 16.3. The molecule has 0 spiro atoms. The second kappa shape index (κ2) is 8.22. The third-order valence-corrected chi connectivity index (χ3v) is 4.83. The molecule has 2 aromatic heterocycles. The highest BCUT2D eigenvalue weighted by Crippen LogP contribution is 2.31. The van der Waals surface area contributed by atoms with Crippen molar-refractivity contribution in [1.82, 2.24) is 25.2 Å². The Hall–Kier alpha value is -3.67. The summed E-state index contributed by atoms with van der Waals surface area (Å²) >= 11 is 1.18. The first-order valence-electron chi connectivity index (χ1n) is 8.75. The second-order valence-corrected chi connectivity index (χ2v) is 7.17. The Kier molecular flexibility index (Phi) is 5.46. The van der Waals surface area contributed by atoms with Crippen molar-refractivity contribution < 1.29 is 22.4 Å². The number of tetrazole rings is 1. The summed E-state index contributed by atoms with van der Waals surface area (Å²) in [4.78, 5) is 17.5. The van der Waals surface area contributed by atoms with E-state index >= 15 is 0 Å². The molecule has 12 heteroatoms. The van der Waals surface area contributed by atoms with Crippen LogP contribution in [0.3, 0.4) is 0 Å². The number of hydrogen-bond donors (Lipinski definition) is 1. The minimum Gasteiger partial charge on any atom is -0.300 e. The number of alkyl halides is 3. The van der Waals surface area contributed by atoms with Crippen LogP contribution in [0.2, 0.25) is 0 Å². The summed E-state index contributed by atoms with van der Waals surface area (Å²) < 4.78 is 51.6. The van der Waals surface area contributed by atoms with Gasteiger partial charge in [0.15, 0.2) is 5.13 Å². The average Bonchev–Trinajstić information content (AvgIpc) is 3.38. The maximum Gasteiger partial charge on any atom is 0.416 e. The smallest absolute Gasteiger partial charge is 0.300 e. The van der Waals surface area contributed by atoms with Crippen LogP contribution in [0.15, 0.2) is 53.9 Å². The molecule has 0 fully saturated rings. The van der Waals surface area contributed by atoms with Gasteiger partial charge in [0.05, 0.1) is 11.3 Å². The van der Waals surface area contributed by atoms with Crippen LogP contribution in [-0.2, 0) is 17.5 Å². The van der Waals surface area contributed by atoms with Gasteiger partial charge in [0.1, 0.15) is 12.4 Å². The Morgan fingerprint density at radius 1 is 1.10 bits per heavy atom. The van der Waals surface area contributed by atoms with Crippen LogP contribution < -0.4 is 5.32 Å². The summed E-state index contributed by atoms with van der Waals surface area (Å²) in [5.41, 5.74) is 0.568. The second-order valence-electron chi connectivity index (χ2n) is 6.31. The minimum absolute atomic E-state index is 0.0354. The van der Waals surface area contributed by atoms with Gasteiger partial charge in [-0.25, -0.2) is 9.37 Å². The molecule has 0 radical (unpaired) electrons. The first-order chi connectivity index (χ1) is 14.8. The zero-order valence-electron chi connectivity index (χ0n) is 15.5. The van der Waals surface area contributed by atoms with Crippen molar-refractivity contribution in [1.29, 1.82) is 0 Å². The number of carbonyl (C=O) groups is 1. The molecule has 0 bridgehead atoms. The van der Waals surface area contributed by atoms with Gasteiger partial charge in [-0.3, -0.25) is 4.79 Å². The van der Waals surface area contributed by atoms with Crippen LogP contribution in [0.25, 0.3) is 22.6 Å². The number of carbonyl (C=O) groups excluding carboxylic acids is 1. The van der Waals surface area contributed by atoms with Gasteiger partial charge in [0.2, 0.25) is 11.7 Å². The number of rotatable bonds is 5. The fourth-order valence-electron chi connectivity index (χ4n) is 2.63. The highest BCUT2D eigenvalue weighted by molar-refractivity contribution is 7.14. The third-order valence-electron chi connectivity index (χ3n) is 4.08. The van der Waals surface area contributed by atoms with Crippen molar-refractivity contribution in [2.24, 2.45) is 0 Å². The lowest BCUT2D eigenvalue weighted by molar-refractivity contribution is -0.137. The van der Waals surface area contributed by atoms with Gasteiger partial charge in [0, 0.05) is 16.5 Å². The van der Waals surface area contributed by atoms with E-state index in [0.717, 1.165) is 16.9 Å². The topological polar surface area (TPSA) is 85.6 Å². The van der Waals surface area contributed by atoms with Gasteiger partial charge in [-0.05, 0) is 41.6 Å². The molecule has 2 aromatic carbocycles. The fraction of sp³-hybridized carbons (Fsp3) is 0.105. The summed E-state index contributed by atoms with van der Waals surface area (Å²) in [6.07, 6.45) is -4.49. The molecule has 0 aliphatic heterocycles. The van der Waals surface area contributed by atoms with Crippen LogP contribution in [-0.4, -0.2) is 31.1 Å². The monoisotopic (exact) mass is 448 g/mol. The van der Waals surface area contributed by atoms with Crippen molar-refractivity contribution >= 4 is 22.4 Å². The predicted molar refractivity (Wildman–Crippen MR) is 104 cm³/mol. The van der Waals surface area contributed by atoms with Crippen LogP contribution >= 0.6 is 11.3 Å². The summed E-state index contributed by atoms with van der Waals surface area (Å²) in [5, 5.41) is 16.0. The van der Waals surface area contributed by atoms with E-state index in [1.165, 1.54) is 35.6 Å². The Morgan fingerprint density at radius 3 is 2.61 bits per heavy atom. The number of aromatic nitrogens is 5. The van der Waals surface area contributed by atoms with Crippen molar-refractivity contribution in [3.8, 4) is 22.6 Å². The van der Waals surface area contributed by atoms with Gasteiger partial charge in [-0.2, -0.15) is 18.0 Å². The van der Waals surface area contributed by atoms with Crippen molar-refractivity contribution in [3.63, 3.8) is 0 Å². The number of halogens is 4. The number of benzene rings is 2. The first kappa shape index (κ1) is 20.6. The van der Waals surface area contributed by atoms with Crippen LogP contribution in [0.4, 0.5) is 22.7 Å². The van der Waals surface area contributed by atoms with E-state index in [2.05, 4.69) is 25.7 Å². The van der Waals surface area contributed by atoms with E-state index in [9.17, 15) is 22.4 Å². The fourth-order valence-corrected chi connectivity index (χ4v) is 3.37. The van der Waals surface area contributed by atoms with Gasteiger partial charge >= 0.3 is 6.18 Å². The minimum atomic E-state index is -4.49. The van der Waals surface area contributed by atoms with E-state index in [0.29, 0.717) is 16.4 Å². The molecular weight excluding hydrogens is 436 g/mol. The molecule has 0 saturated carbocycles. The number of anilines is 1. The van der Waals surface area contributed by atoms with Crippen LogP contribution in [0, 0.1) is 5.82 Å². The van der Waals surface area contributed by atoms with E-state index < -0.39 is 17.6 Å². The molecule has 158 valence electrons. The Morgan fingerprint density at radius 2 is 1.87 bits per heavy atom. The lowest BCUT2D eigenvalue weighted by Gasteiger charge is -2.06. The van der Waals surface area contributed by atoms with Crippen LogP contribution in [0.5, 0.6) is 0 Å². The maximum atomic E-state index is 13.0. The van der Waals surface area contributed by atoms with Crippen LogP contribution in [0.1, 0.15) is 5.56 Å². The van der Waals surface area contributed by atoms with Crippen molar-refractivity contribution in [2.75, 3.05) is 5.32 Å². The molecule has 2 heterocycles. The molecular formula is C19H12F4N6OS. The van der Waals surface area contributed by atoms with Gasteiger partial charge < -0.3 is 5.32 Å². The lowest BCUT2D eigenvalue weighted by atomic mass is 10.1. The molecule has 4 aromatic rings. The molecule has 1 N–H and O–H groups in total. The van der Waals surface area contributed by atoms with Gasteiger partial charge in [-0.15, -0.1) is 21.5 Å². The average molecular weight is 448 g/mol. The molecule has 0 saturated heterocycles.